The van der Waals surface area contributed by atoms with Crippen LogP contribution in [0, 0.1) is 5.92 Å². The second-order valence-electron chi connectivity index (χ2n) is 4.24. The molecule has 15 heavy (non-hydrogen) atoms. The minimum absolute atomic E-state index is 0.0407. The molecule has 0 N–H and O–H groups in total. The quantitative estimate of drug-likeness (QED) is 0.670. The highest BCUT2D eigenvalue weighted by molar-refractivity contribution is 5.57. The summed E-state index contributed by atoms with van der Waals surface area (Å²) < 4.78 is 37.8. The van der Waals surface area contributed by atoms with Crippen molar-refractivity contribution in [1.82, 2.24) is 9.91 Å². The predicted octanol–water partition coefficient (Wildman–Crippen LogP) is 2.46. The number of nitrogens with zero attached hydrogens (tertiary/aromatic N) is 3. The van der Waals surface area contributed by atoms with Crippen molar-refractivity contribution in [2.45, 2.75) is 46.2 Å². The molecule has 0 aromatic heterocycles. The van der Waals surface area contributed by atoms with Crippen molar-refractivity contribution in [3.8, 4) is 0 Å². The van der Waals surface area contributed by atoms with Crippen molar-refractivity contribution in [1.29, 1.82) is 0 Å². The van der Waals surface area contributed by atoms with Gasteiger partial charge < -0.3 is 0 Å². The van der Waals surface area contributed by atoms with Crippen LogP contribution in [-0.4, -0.2) is 34.8 Å². The standard InChI is InChI=1S/C9H16F3N3/c1-6(2)8-14(9(10,11)12)5-13-15(8)7(3)4/h5-8H,1-4H3. The zero-order valence-electron chi connectivity index (χ0n) is 9.28. The van der Waals surface area contributed by atoms with Gasteiger partial charge in [0.15, 0.2) is 0 Å². The lowest BCUT2D eigenvalue weighted by atomic mass is 10.1. The Morgan fingerprint density at radius 2 is 1.73 bits per heavy atom. The smallest absolute Gasteiger partial charge is 0.270 e. The van der Waals surface area contributed by atoms with Crippen LogP contribution in [0.4, 0.5) is 13.2 Å². The molecule has 0 amide bonds. The lowest BCUT2D eigenvalue weighted by Crippen LogP contribution is -2.51. The zero-order valence-corrected chi connectivity index (χ0v) is 9.28. The van der Waals surface area contributed by atoms with Crippen LogP contribution >= 0.6 is 0 Å². The maximum atomic E-state index is 12.6. The fourth-order valence-corrected chi connectivity index (χ4v) is 1.66. The summed E-state index contributed by atoms with van der Waals surface area (Å²) in [6.45, 7) is 7.17. The third-order valence-electron chi connectivity index (χ3n) is 2.28. The van der Waals surface area contributed by atoms with Crippen LogP contribution in [0.5, 0.6) is 0 Å². The minimum Gasteiger partial charge on any atom is -0.270 e. The Balaban J connectivity index is 2.90. The fourth-order valence-electron chi connectivity index (χ4n) is 1.66. The number of rotatable bonds is 2. The summed E-state index contributed by atoms with van der Waals surface area (Å²) in [4.78, 5) is 0.359. The summed E-state index contributed by atoms with van der Waals surface area (Å²) in [6.07, 6.45) is -4.22. The summed E-state index contributed by atoms with van der Waals surface area (Å²) in [5.74, 6) is -0.142. The van der Waals surface area contributed by atoms with E-state index in [-0.39, 0.29) is 12.0 Å². The summed E-state index contributed by atoms with van der Waals surface area (Å²) in [7, 11) is 0. The number of alkyl halides is 3. The van der Waals surface area contributed by atoms with Gasteiger partial charge in [-0.2, -0.15) is 5.10 Å². The van der Waals surface area contributed by atoms with Gasteiger partial charge in [0.1, 0.15) is 12.5 Å². The molecule has 1 aliphatic heterocycles. The molecule has 0 bridgehead atoms. The molecule has 0 aromatic rings. The van der Waals surface area contributed by atoms with Gasteiger partial charge in [-0.15, -0.1) is 13.2 Å². The highest BCUT2D eigenvalue weighted by Gasteiger charge is 2.47. The lowest BCUT2D eigenvalue weighted by Gasteiger charge is -2.36. The predicted molar refractivity (Wildman–Crippen MR) is 52.0 cm³/mol. The number of hydrazone groups is 1. The Morgan fingerprint density at radius 3 is 2.07 bits per heavy atom. The first kappa shape index (κ1) is 12.1. The number of hydrogen-bond acceptors (Lipinski definition) is 3. The van der Waals surface area contributed by atoms with Crippen LogP contribution in [0.15, 0.2) is 5.10 Å². The van der Waals surface area contributed by atoms with Crippen molar-refractivity contribution in [2.24, 2.45) is 11.0 Å². The van der Waals surface area contributed by atoms with Gasteiger partial charge in [-0.3, -0.25) is 5.01 Å². The normalized spacial score (nSPS) is 22.3. The molecule has 1 unspecified atom stereocenters. The molecular weight excluding hydrogens is 207 g/mol. The fraction of sp³-hybridized carbons (Fsp3) is 0.889. The van der Waals surface area contributed by atoms with Gasteiger partial charge in [0, 0.05) is 6.04 Å². The molecular formula is C9H16F3N3. The average Bonchev–Trinajstić information content (AvgIpc) is 2.45. The van der Waals surface area contributed by atoms with E-state index in [1.165, 1.54) is 5.01 Å². The van der Waals surface area contributed by atoms with Crippen LogP contribution in [-0.2, 0) is 0 Å². The first-order chi connectivity index (χ1) is 6.75. The summed E-state index contributed by atoms with van der Waals surface area (Å²) in [5, 5.41) is 5.28. The Labute approximate surface area is 87.5 Å². The van der Waals surface area contributed by atoms with E-state index in [0.29, 0.717) is 4.90 Å². The molecule has 88 valence electrons. The van der Waals surface area contributed by atoms with Gasteiger partial charge in [0.05, 0.1) is 0 Å². The topological polar surface area (TPSA) is 18.8 Å². The second-order valence-corrected chi connectivity index (χ2v) is 4.24. The first-order valence-electron chi connectivity index (χ1n) is 4.92. The maximum absolute atomic E-state index is 12.6. The molecule has 0 radical (unpaired) electrons. The zero-order chi connectivity index (χ0) is 11.8. The molecule has 1 heterocycles. The minimum atomic E-state index is -4.36. The van der Waals surface area contributed by atoms with E-state index in [1.54, 1.807) is 13.8 Å². The Morgan fingerprint density at radius 1 is 1.20 bits per heavy atom. The van der Waals surface area contributed by atoms with Crippen molar-refractivity contribution in [3.63, 3.8) is 0 Å². The van der Waals surface area contributed by atoms with E-state index in [0.717, 1.165) is 6.34 Å². The Bertz CT molecular complexity index is 247. The maximum Gasteiger partial charge on any atom is 0.487 e. The summed E-state index contributed by atoms with van der Waals surface area (Å²) >= 11 is 0. The Hall–Kier alpha value is -0.940. The van der Waals surface area contributed by atoms with E-state index in [4.69, 9.17) is 0 Å². The second kappa shape index (κ2) is 3.90. The van der Waals surface area contributed by atoms with Crippen LogP contribution in [0.25, 0.3) is 0 Å². The monoisotopic (exact) mass is 223 g/mol. The van der Waals surface area contributed by atoms with Gasteiger partial charge in [-0.25, -0.2) is 4.90 Å². The molecule has 1 atom stereocenters. The molecule has 3 nitrogen and oxygen atoms in total. The molecule has 0 aliphatic carbocycles. The van der Waals surface area contributed by atoms with Gasteiger partial charge in [0.25, 0.3) is 0 Å². The molecule has 0 spiro atoms. The highest BCUT2D eigenvalue weighted by atomic mass is 19.4. The van der Waals surface area contributed by atoms with Gasteiger partial charge in [-0.1, -0.05) is 13.8 Å². The molecule has 0 saturated heterocycles. The van der Waals surface area contributed by atoms with E-state index in [9.17, 15) is 13.2 Å². The molecule has 6 heteroatoms. The van der Waals surface area contributed by atoms with E-state index in [2.05, 4.69) is 5.10 Å². The van der Waals surface area contributed by atoms with Crippen LogP contribution < -0.4 is 0 Å². The molecule has 1 rings (SSSR count). The van der Waals surface area contributed by atoms with Crippen LogP contribution in [0.1, 0.15) is 27.7 Å². The van der Waals surface area contributed by atoms with E-state index < -0.39 is 12.5 Å². The highest BCUT2D eigenvalue weighted by Crippen LogP contribution is 2.31. The third kappa shape index (κ3) is 2.35. The number of halogens is 3. The van der Waals surface area contributed by atoms with E-state index in [1.807, 2.05) is 13.8 Å². The molecule has 0 aromatic carbocycles. The largest absolute Gasteiger partial charge is 0.487 e. The van der Waals surface area contributed by atoms with Crippen LogP contribution in [0.2, 0.25) is 0 Å². The summed E-state index contributed by atoms with van der Waals surface area (Å²) in [5.41, 5.74) is 0. The molecule has 0 saturated carbocycles. The molecule has 1 aliphatic rings. The molecule has 0 fully saturated rings. The van der Waals surface area contributed by atoms with Gasteiger partial charge in [0.2, 0.25) is 0 Å². The third-order valence-corrected chi connectivity index (χ3v) is 2.28. The first-order valence-corrected chi connectivity index (χ1v) is 4.92. The van der Waals surface area contributed by atoms with Gasteiger partial charge in [-0.05, 0) is 19.8 Å². The van der Waals surface area contributed by atoms with Crippen molar-refractivity contribution >= 4 is 6.34 Å². The van der Waals surface area contributed by atoms with E-state index >= 15 is 0 Å². The SMILES string of the molecule is CC(C)C1N(C(C)C)N=CN1C(F)(F)F. The Kier molecular flexibility index (Phi) is 3.16. The van der Waals surface area contributed by atoms with Gasteiger partial charge >= 0.3 is 6.30 Å². The van der Waals surface area contributed by atoms with Crippen molar-refractivity contribution < 1.29 is 13.2 Å². The van der Waals surface area contributed by atoms with Crippen molar-refractivity contribution in [3.05, 3.63) is 0 Å². The van der Waals surface area contributed by atoms with Crippen molar-refractivity contribution in [2.75, 3.05) is 0 Å². The average molecular weight is 223 g/mol. The number of hydrogen-bond donors (Lipinski definition) is 0. The summed E-state index contributed by atoms with van der Waals surface area (Å²) in [6, 6.07) is -0.0407. The lowest BCUT2D eigenvalue weighted by molar-refractivity contribution is -0.241. The van der Waals surface area contributed by atoms with Crippen LogP contribution in [0.3, 0.4) is 0 Å².